The van der Waals surface area contributed by atoms with Crippen LogP contribution in [0.2, 0.25) is 0 Å². The summed E-state index contributed by atoms with van der Waals surface area (Å²) in [5, 5.41) is 6.13. The Hall–Kier alpha value is -5.44. The van der Waals surface area contributed by atoms with Gasteiger partial charge in [-0.05, 0) is 134 Å². The fraction of sp³-hybridized carbons (Fsp3) is 0.192. The van der Waals surface area contributed by atoms with E-state index in [0.29, 0.717) is 11.8 Å². The number of rotatable bonds is 2. The maximum atomic E-state index is 2.71. The van der Waals surface area contributed by atoms with E-state index in [0.717, 1.165) is 11.8 Å². The SMILES string of the molecule is c1ccc(-c2cccc3c2N(c2ccc4c(c2)[Si]2(c5ccccc5-c5ccccc52)c2ccccc2-4)c2ccccc2C32C3CC4CC(C3)CC2C4)cc1. The molecule has 54 heavy (non-hydrogen) atoms. The van der Waals surface area contributed by atoms with Gasteiger partial charge in [-0.1, -0.05) is 146 Å². The summed E-state index contributed by atoms with van der Waals surface area (Å²) >= 11 is 0. The average Bonchev–Trinajstić information content (AvgIpc) is 3.69. The Labute approximate surface area is 319 Å². The smallest absolute Gasteiger partial charge is 0.182 e. The quantitative estimate of drug-likeness (QED) is 0.162. The molecule has 7 aromatic rings. The van der Waals surface area contributed by atoms with Crippen molar-refractivity contribution in [2.24, 2.45) is 23.7 Å². The molecule has 0 radical (unpaired) electrons. The van der Waals surface area contributed by atoms with Crippen LogP contribution in [0.3, 0.4) is 0 Å². The molecule has 3 heterocycles. The molecule has 0 unspecified atom stereocenters. The summed E-state index contributed by atoms with van der Waals surface area (Å²) in [6.45, 7) is 0. The summed E-state index contributed by atoms with van der Waals surface area (Å²) in [5.41, 5.74) is 15.6. The van der Waals surface area contributed by atoms with Gasteiger partial charge in [0.05, 0.1) is 11.4 Å². The lowest BCUT2D eigenvalue weighted by Crippen LogP contribution is -2.70. The predicted octanol–water partition coefficient (Wildman–Crippen LogP) is 10.2. The van der Waals surface area contributed by atoms with Gasteiger partial charge in [-0.3, -0.25) is 0 Å². The standard InChI is InChI=1S/C52H41NSi/c1-2-13-35(14-3-1)39-18-12-20-45-51(39)53(46-21-8-7-19-44(46)52(45)36-28-33-27-34(30-36)31-37(52)29-33)38-25-26-43-42-17-6-11-24-49(42)54(50(43)32-38)47-22-9-4-15-40(47)41-16-5-10-23-48(41)54/h1-26,32-34,36-37H,27-31H2. The van der Waals surface area contributed by atoms with Gasteiger partial charge in [0.2, 0.25) is 0 Å². The number of hydrogen-bond acceptors (Lipinski definition) is 1. The van der Waals surface area contributed by atoms with Crippen LogP contribution in [0.15, 0.2) is 164 Å². The van der Waals surface area contributed by atoms with Gasteiger partial charge in [0, 0.05) is 16.7 Å². The molecule has 4 saturated carbocycles. The lowest BCUT2D eigenvalue weighted by atomic mass is 9.41. The molecule has 7 aliphatic rings. The van der Waals surface area contributed by atoms with Crippen molar-refractivity contribution < 1.29 is 0 Å². The van der Waals surface area contributed by atoms with Gasteiger partial charge in [-0.25, -0.2) is 0 Å². The van der Waals surface area contributed by atoms with Crippen molar-refractivity contribution in [3.63, 3.8) is 0 Å². The van der Waals surface area contributed by atoms with Gasteiger partial charge < -0.3 is 4.90 Å². The molecule has 4 aliphatic carbocycles. The molecule has 2 spiro atoms. The van der Waals surface area contributed by atoms with Crippen molar-refractivity contribution in [2.45, 2.75) is 37.5 Å². The average molecular weight is 708 g/mol. The van der Waals surface area contributed by atoms with E-state index in [2.05, 4.69) is 169 Å². The topological polar surface area (TPSA) is 3.24 Å². The molecule has 0 N–H and O–H groups in total. The zero-order valence-corrected chi connectivity index (χ0v) is 31.4. The van der Waals surface area contributed by atoms with Crippen LogP contribution in [0.1, 0.15) is 43.2 Å². The van der Waals surface area contributed by atoms with Crippen LogP contribution < -0.4 is 25.6 Å². The zero-order valence-electron chi connectivity index (χ0n) is 30.4. The molecule has 0 amide bonds. The zero-order chi connectivity index (χ0) is 35.2. The second-order valence-electron chi connectivity index (χ2n) is 17.2. The van der Waals surface area contributed by atoms with Crippen LogP contribution in [-0.2, 0) is 5.41 Å². The van der Waals surface area contributed by atoms with Crippen LogP contribution in [0.25, 0.3) is 33.4 Å². The third-order valence-electron chi connectivity index (χ3n) is 15.0. The van der Waals surface area contributed by atoms with E-state index in [9.17, 15) is 0 Å². The number of benzene rings is 7. The fourth-order valence-corrected chi connectivity index (χ4v) is 19.2. The Morgan fingerprint density at radius 2 is 0.944 bits per heavy atom. The first kappa shape index (κ1) is 29.9. The molecule has 258 valence electrons. The largest absolute Gasteiger partial charge is 0.309 e. The van der Waals surface area contributed by atoms with E-state index in [-0.39, 0.29) is 5.41 Å². The Morgan fingerprint density at radius 3 is 1.59 bits per heavy atom. The summed E-state index contributed by atoms with van der Waals surface area (Å²) < 4.78 is 0. The van der Waals surface area contributed by atoms with E-state index >= 15 is 0 Å². The molecule has 2 heteroatoms. The van der Waals surface area contributed by atoms with Crippen molar-refractivity contribution in [3.05, 3.63) is 175 Å². The summed E-state index contributed by atoms with van der Waals surface area (Å²) in [6, 6.07) is 63.8. The maximum absolute atomic E-state index is 2.71. The minimum absolute atomic E-state index is 0.0485. The van der Waals surface area contributed by atoms with Crippen LogP contribution in [0.5, 0.6) is 0 Å². The van der Waals surface area contributed by atoms with Crippen LogP contribution >= 0.6 is 0 Å². The molecule has 4 fully saturated rings. The molecule has 0 saturated heterocycles. The lowest BCUT2D eigenvalue weighted by Gasteiger charge is -2.64. The first-order valence-corrected chi connectivity index (χ1v) is 22.3. The maximum Gasteiger partial charge on any atom is 0.182 e. The number of para-hydroxylation sites is 2. The molecule has 4 bridgehead atoms. The van der Waals surface area contributed by atoms with Crippen molar-refractivity contribution in [1.29, 1.82) is 0 Å². The second-order valence-corrected chi connectivity index (χ2v) is 20.9. The van der Waals surface area contributed by atoms with E-state index in [4.69, 9.17) is 0 Å². The summed E-state index contributed by atoms with van der Waals surface area (Å²) in [4.78, 5) is 2.71. The van der Waals surface area contributed by atoms with Gasteiger partial charge in [0.1, 0.15) is 0 Å². The van der Waals surface area contributed by atoms with Crippen LogP contribution in [0, 0.1) is 23.7 Å². The third kappa shape index (κ3) is 3.53. The highest BCUT2D eigenvalue weighted by molar-refractivity contribution is 7.24. The molecular weight excluding hydrogens is 667 g/mol. The number of nitrogens with zero attached hydrogens (tertiary/aromatic N) is 1. The Bertz CT molecular complexity index is 2620. The summed E-state index contributed by atoms with van der Waals surface area (Å²) in [5.74, 6) is 3.19. The first-order valence-electron chi connectivity index (χ1n) is 20.3. The highest BCUT2D eigenvalue weighted by Crippen LogP contribution is 2.70. The Morgan fingerprint density at radius 1 is 0.426 bits per heavy atom. The number of hydrogen-bond donors (Lipinski definition) is 0. The highest BCUT2D eigenvalue weighted by atomic mass is 28.3. The predicted molar refractivity (Wildman–Crippen MR) is 226 cm³/mol. The summed E-state index contributed by atoms with van der Waals surface area (Å²) in [7, 11) is -2.59. The molecule has 14 rings (SSSR count). The van der Waals surface area contributed by atoms with Gasteiger partial charge in [0.25, 0.3) is 0 Å². The molecule has 1 nitrogen and oxygen atoms in total. The van der Waals surface area contributed by atoms with Gasteiger partial charge >= 0.3 is 0 Å². The van der Waals surface area contributed by atoms with E-state index in [1.165, 1.54) is 103 Å². The molecule has 0 atom stereocenters. The minimum Gasteiger partial charge on any atom is -0.309 e. The van der Waals surface area contributed by atoms with E-state index < -0.39 is 8.07 Å². The Balaban J connectivity index is 1.12. The van der Waals surface area contributed by atoms with Gasteiger partial charge in [-0.2, -0.15) is 0 Å². The molecular formula is C52H41NSi. The van der Waals surface area contributed by atoms with Gasteiger partial charge in [-0.15, -0.1) is 0 Å². The van der Waals surface area contributed by atoms with Crippen LogP contribution in [0.4, 0.5) is 17.1 Å². The minimum atomic E-state index is -2.59. The number of fused-ring (bicyclic) bond motifs is 12. The molecule has 7 aromatic carbocycles. The van der Waals surface area contributed by atoms with Crippen molar-refractivity contribution in [2.75, 3.05) is 4.90 Å². The molecule has 0 aromatic heterocycles. The van der Waals surface area contributed by atoms with Crippen molar-refractivity contribution in [1.82, 2.24) is 0 Å². The normalized spacial score (nSPS) is 25.2. The highest BCUT2D eigenvalue weighted by Gasteiger charge is 2.62. The third-order valence-corrected chi connectivity index (χ3v) is 20.0. The Kier molecular flexibility index (Phi) is 5.89. The van der Waals surface area contributed by atoms with Crippen molar-refractivity contribution >= 4 is 45.9 Å². The summed E-state index contributed by atoms with van der Waals surface area (Å²) in [6.07, 6.45) is 6.96. The monoisotopic (exact) mass is 707 g/mol. The van der Waals surface area contributed by atoms with Crippen LogP contribution in [-0.4, -0.2) is 8.07 Å². The van der Waals surface area contributed by atoms with E-state index in [1.54, 1.807) is 11.1 Å². The second kappa shape index (κ2) is 10.6. The van der Waals surface area contributed by atoms with Gasteiger partial charge in [0.15, 0.2) is 8.07 Å². The van der Waals surface area contributed by atoms with E-state index in [1.807, 2.05) is 0 Å². The first-order chi connectivity index (χ1) is 26.8. The lowest BCUT2D eigenvalue weighted by molar-refractivity contribution is -0.0419. The van der Waals surface area contributed by atoms with Crippen molar-refractivity contribution in [3.8, 4) is 33.4 Å². The fourth-order valence-electron chi connectivity index (χ4n) is 13.6. The number of anilines is 3. The molecule has 3 aliphatic heterocycles.